The summed E-state index contributed by atoms with van der Waals surface area (Å²) < 4.78 is 16.6. The number of aliphatic hydroxyl groups is 1. The minimum atomic E-state index is -0.151. The Balaban J connectivity index is 1.39. The number of aliphatic hydroxyl groups excluding tert-OH is 1. The molecular formula is C24H42O4. The smallest absolute Gasteiger partial charge is 0.147 e. The van der Waals surface area contributed by atoms with Crippen LogP contribution in [0.25, 0.3) is 0 Å². The molecule has 4 heteroatoms. The molecule has 28 heavy (non-hydrogen) atoms. The molecular weight excluding hydrogens is 352 g/mol. The second-order valence-corrected chi connectivity index (χ2v) is 10.9. The van der Waals surface area contributed by atoms with Gasteiger partial charge < -0.3 is 19.3 Å². The van der Waals surface area contributed by atoms with Gasteiger partial charge in [-0.2, -0.15) is 0 Å². The lowest BCUT2D eigenvalue weighted by Gasteiger charge is -2.51. The van der Waals surface area contributed by atoms with Crippen molar-refractivity contribution in [2.45, 2.75) is 84.3 Å². The first-order valence-electron chi connectivity index (χ1n) is 11.8. The molecule has 0 spiro atoms. The van der Waals surface area contributed by atoms with Crippen LogP contribution >= 0.6 is 0 Å². The first-order valence-corrected chi connectivity index (χ1v) is 11.8. The van der Waals surface area contributed by atoms with Crippen LogP contribution in [0.3, 0.4) is 0 Å². The maximum Gasteiger partial charge on any atom is 0.147 e. The van der Waals surface area contributed by atoms with Crippen molar-refractivity contribution in [1.29, 1.82) is 0 Å². The molecule has 0 radical (unpaired) electrons. The highest BCUT2D eigenvalue weighted by molar-refractivity contribution is 5.12. The lowest BCUT2D eigenvalue weighted by atomic mass is 9.54. The van der Waals surface area contributed by atoms with Crippen LogP contribution in [0.2, 0.25) is 0 Å². The molecule has 0 bridgehead atoms. The van der Waals surface area contributed by atoms with Crippen LogP contribution in [0.15, 0.2) is 0 Å². The van der Waals surface area contributed by atoms with E-state index in [-0.39, 0.29) is 6.10 Å². The zero-order chi connectivity index (χ0) is 19.9. The van der Waals surface area contributed by atoms with E-state index < -0.39 is 0 Å². The molecule has 4 aliphatic rings. The highest BCUT2D eigenvalue weighted by Crippen LogP contribution is 2.69. The Morgan fingerprint density at radius 3 is 2.46 bits per heavy atom. The highest BCUT2D eigenvalue weighted by Gasteiger charge is 2.62. The fraction of sp³-hybridized carbons (Fsp3) is 1.00. The minimum absolute atomic E-state index is 0.151. The van der Waals surface area contributed by atoms with Crippen molar-refractivity contribution in [3.8, 4) is 0 Å². The Morgan fingerprint density at radius 2 is 1.71 bits per heavy atom. The topological polar surface area (TPSA) is 47.9 Å². The van der Waals surface area contributed by atoms with Crippen molar-refractivity contribution in [1.82, 2.24) is 0 Å². The number of rotatable bonds is 7. The van der Waals surface area contributed by atoms with Crippen molar-refractivity contribution in [3.05, 3.63) is 0 Å². The molecule has 4 nitrogen and oxygen atoms in total. The van der Waals surface area contributed by atoms with E-state index in [4.69, 9.17) is 14.2 Å². The number of ether oxygens (including phenoxy) is 3. The summed E-state index contributed by atoms with van der Waals surface area (Å²) in [7, 11) is 1.70. The van der Waals surface area contributed by atoms with Gasteiger partial charge in [-0.15, -0.1) is 0 Å². The SMILES string of the molecule is COCCOCO[C@@H]1CC[C@@]2(C)[C@H](C1)C[C@@H]1[C@@H]2CC[C@]2(C)[C@@H]([C@@H](C)O)CC[C@@H]12. The molecule has 4 aliphatic carbocycles. The summed E-state index contributed by atoms with van der Waals surface area (Å²) in [6.45, 7) is 8.77. The maximum absolute atomic E-state index is 10.4. The molecule has 1 N–H and O–H groups in total. The van der Waals surface area contributed by atoms with E-state index >= 15 is 0 Å². The van der Waals surface area contributed by atoms with Gasteiger partial charge in [0.2, 0.25) is 0 Å². The van der Waals surface area contributed by atoms with Crippen LogP contribution in [-0.4, -0.2) is 44.4 Å². The van der Waals surface area contributed by atoms with Gasteiger partial charge in [-0.05, 0) is 98.7 Å². The Kier molecular flexibility index (Phi) is 6.15. The number of hydrogen-bond donors (Lipinski definition) is 1. The van der Waals surface area contributed by atoms with E-state index in [0.29, 0.717) is 42.9 Å². The van der Waals surface area contributed by atoms with Gasteiger partial charge >= 0.3 is 0 Å². The van der Waals surface area contributed by atoms with Gasteiger partial charge in [0.05, 0.1) is 25.4 Å². The Morgan fingerprint density at radius 1 is 0.964 bits per heavy atom. The molecule has 0 aromatic carbocycles. The van der Waals surface area contributed by atoms with Gasteiger partial charge in [0.1, 0.15) is 6.79 Å². The molecule has 4 rings (SSSR count). The van der Waals surface area contributed by atoms with Crippen LogP contribution in [0, 0.1) is 40.4 Å². The third kappa shape index (κ3) is 3.46. The van der Waals surface area contributed by atoms with Crippen LogP contribution in [0.1, 0.15) is 72.1 Å². The molecule has 4 saturated carbocycles. The molecule has 9 atom stereocenters. The van der Waals surface area contributed by atoms with E-state index in [2.05, 4.69) is 13.8 Å². The highest BCUT2D eigenvalue weighted by atomic mass is 16.7. The molecule has 0 amide bonds. The summed E-state index contributed by atoms with van der Waals surface area (Å²) in [5, 5.41) is 10.4. The Labute approximate surface area is 171 Å². The number of methoxy groups -OCH3 is 1. The zero-order valence-electron chi connectivity index (χ0n) is 18.5. The van der Waals surface area contributed by atoms with Gasteiger partial charge in [0.15, 0.2) is 0 Å². The monoisotopic (exact) mass is 394 g/mol. The van der Waals surface area contributed by atoms with Crippen LogP contribution in [0.4, 0.5) is 0 Å². The third-order valence-electron chi connectivity index (χ3n) is 9.80. The predicted molar refractivity (Wildman–Crippen MR) is 110 cm³/mol. The Hall–Kier alpha value is -0.160. The quantitative estimate of drug-likeness (QED) is 0.505. The van der Waals surface area contributed by atoms with E-state index in [1.807, 2.05) is 6.92 Å². The fourth-order valence-corrected chi connectivity index (χ4v) is 8.33. The van der Waals surface area contributed by atoms with Gasteiger partial charge in [-0.25, -0.2) is 0 Å². The van der Waals surface area contributed by atoms with Crippen molar-refractivity contribution < 1.29 is 19.3 Å². The molecule has 0 saturated heterocycles. The second-order valence-electron chi connectivity index (χ2n) is 10.9. The molecule has 0 unspecified atom stereocenters. The van der Waals surface area contributed by atoms with Gasteiger partial charge in [-0.3, -0.25) is 0 Å². The molecule has 0 aromatic rings. The average molecular weight is 395 g/mol. The number of hydrogen-bond acceptors (Lipinski definition) is 4. The average Bonchev–Trinajstić information content (AvgIpc) is 3.15. The summed E-state index contributed by atoms with van der Waals surface area (Å²) in [6.07, 6.45) is 10.6. The van der Waals surface area contributed by atoms with E-state index in [0.717, 1.165) is 23.7 Å². The normalized spacial score (nSPS) is 48.8. The standard InChI is InChI=1S/C24H42O4/c1-16(25)20-5-6-21-19-14-17-13-18(28-15-27-12-11-26-4)7-9-23(17,2)22(19)8-10-24(20,21)3/h16-22,25H,5-15H2,1-4H3/t16-,17-,18-,19+,20-,21+,22+,23+,24-/m1/s1. The van der Waals surface area contributed by atoms with Crippen molar-refractivity contribution in [2.75, 3.05) is 27.1 Å². The first kappa shape index (κ1) is 21.1. The summed E-state index contributed by atoms with van der Waals surface area (Å²) in [4.78, 5) is 0. The molecule has 162 valence electrons. The van der Waals surface area contributed by atoms with Gasteiger partial charge in [-0.1, -0.05) is 13.8 Å². The van der Waals surface area contributed by atoms with Gasteiger partial charge in [0, 0.05) is 7.11 Å². The molecule has 0 aromatic heterocycles. The predicted octanol–water partition coefficient (Wildman–Crippen LogP) is 4.64. The van der Waals surface area contributed by atoms with Crippen molar-refractivity contribution in [3.63, 3.8) is 0 Å². The summed E-state index contributed by atoms with van der Waals surface area (Å²) >= 11 is 0. The third-order valence-corrected chi connectivity index (χ3v) is 9.80. The van der Waals surface area contributed by atoms with Crippen molar-refractivity contribution in [2.24, 2.45) is 40.4 Å². The molecule has 0 aliphatic heterocycles. The fourth-order valence-electron chi connectivity index (χ4n) is 8.33. The summed E-state index contributed by atoms with van der Waals surface area (Å²) in [5.74, 6) is 3.89. The first-order chi connectivity index (χ1) is 13.4. The van der Waals surface area contributed by atoms with E-state index in [1.54, 1.807) is 7.11 Å². The van der Waals surface area contributed by atoms with Gasteiger partial charge in [0.25, 0.3) is 0 Å². The van der Waals surface area contributed by atoms with Crippen LogP contribution in [0.5, 0.6) is 0 Å². The largest absolute Gasteiger partial charge is 0.393 e. The Bertz CT molecular complexity index is 537. The lowest BCUT2D eigenvalue weighted by molar-refractivity contribution is -0.124. The van der Waals surface area contributed by atoms with E-state index in [1.165, 1.54) is 51.4 Å². The summed E-state index contributed by atoms with van der Waals surface area (Å²) in [5.41, 5.74) is 0.871. The van der Waals surface area contributed by atoms with Crippen molar-refractivity contribution >= 4 is 0 Å². The van der Waals surface area contributed by atoms with E-state index in [9.17, 15) is 5.11 Å². The van der Waals surface area contributed by atoms with Crippen LogP contribution in [-0.2, 0) is 14.2 Å². The maximum atomic E-state index is 10.4. The molecule has 0 heterocycles. The minimum Gasteiger partial charge on any atom is -0.393 e. The zero-order valence-corrected chi connectivity index (χ0v) is 18.5. The summed E-state index contributed by atoms with van der Waals surface area (Å²) in [6, 6.07) is 0. The lowest BCUT2D eigenvalue weighted by Crippen LogP contribution is -2.45. The number of fused-ring (bicyclic) bond motifs is 5. The molecule has 4 fully saturated rings. The van der Waals surface area contributed by atoms with Crippen LogP contribution < -0.4 is 0 Å². The second kappa shape index (κ2) is 8.17.